The second-order valence-electron chi connectivity index (χ2n) is 10.8. The molecule has 0 aliphatic carbocycles. The molecule has 7 nitrogen and oxygen atoms in total. The lowest BCUT2D eigenvalue weighted by atomic mass is 10.0. The minimum atomic E-state index is -4.13. The average Bonchev–Trinajstić information content (AvgIpc) is 3.02. The Morgan fingerprint density at radius 1 is 0.841 bits per heavy atom. The van der Waals surface area contributed by atoms with Gasteiger partial charge in [0, 0.05) is 23.5 Å². The highest BCUT2D eigenvalue weighted by atomic mass is 79.9. The number of nitrogens with zero attached hydrogens (tertiary/aromatic N) is 2. The maximum absolute atomic E-state index is 14.5. The first-order valence-corrected chi connectivity index (χ1v) is 16.8. The first-order chi connectivity index (χ1) is 21.1. The molecule has 1 N–H and O–H groups in total. The van der Waals surface area contributed by atoms with Gasteiger partial charge in [0.2, 0.25) is 11.8 Å². The summed E-state index contributed by atoms with van der Waals surface area (Å²) in [7, 11) is -4.13. The number of rotatable bonds is 13. The van der Waals surface area contributed by atoms with Crippen LogP contribution in [-0.4, -0.2) is 43.8 Å². The van der Waals surface area contributed by atoms with Gasteiger partial charge in [-0.2, -0.15) is 0 Å². The van der Waals surface area contributed by atoms with Crippen LogP contribution in [0.3, 0.4) is 0 Å². The largest absolute Gasteiger partial charge is 0.352 e. The molecule has 0 saturated heterocycles. The molecule has 230 valence electrons. The first-order valence-electron chi connectivity index (χ1n) is 14.6. The molecule has 0 unspecified atom stereocenters. The zero-order valence-electron chi connectivity index (χ0n) is 25.2. The molecule has 0 aliphatic rings. The Bertz CT molecular complexity index is 1650. The number of aryl methyl sites for hydroxylation is 1. The molecule has 44 heavy (non-hydrogen) atoms. The van der Waals surface area contributed by atoms with Crippen LogP contribution in [0.4, 0.5) is 5.69 Å². The van der Waals surface area contributed by atoms with E-state index in [2.05, 4.69) is 21.2 Å². The van der Waals surface area contributed by atoms with Crippen molar-refractivity contribution >= 4 is 43.5 Å². The van der Waals surface area contributed by atoms with Gasteiger partial charge in [-0.3, -0.25) is 13.9 Å². The molecule has 2 atom stereocenters. The van der Waals surface area contributed by atoms with E-state index in [1.165, 1.54) is 17.0 Å². The van der Waals surface area contributed by atoms with Gasteiger partial charge in [-0.1, -0.05) is 101 Å². The lowest BCUT2D eigenvalue weighted by Gasteiger charge is -2.34. The van der Waals surface area contributed by atoms with E-state index >= 15 is 0 Å². The van der Waals surface area contributed by atoms with Crippen molar-refractivity contribution in [1.29, 1.82) is 0 Å². The third kappa shape index (κ3) is 8.57. The molecule has 4 aromatic rings. The fraction of sp³-hybridized carbons (Fsp3) is 0.257. The van der Waals surface area contributed by atoms with Crippen LogP contribution in [-0.2, 0) is 32.6 Å². The third-order valence-electron chi connectivity index (χ3n) is 7.45. The number of amides is 2. The zero-order chi connectivity index (χ0) is 31.7. The van der Waals surface area contributed by atoms with E-state index in [9.17, 15) is 18.0 Å². The van der Waals surface area contributed by atoms with Crippen LogP contribution in [0.1, 0.15) is 37.0 Å². The Morgan fingerprint density at radius 3 is 2.07 bits per heavy atom. The van der Waals surface area contributed by atoms with Crippen LogP contribution in [0, 0.1) is 6.92 Å². The zero-order valence-corrected chi connectivity index (χ0v) is 27.6. The van der Waals surface area contributed by atoms with Crippen molar-refractivity contribution in [3.05, 3.63) is 130 Å². The third-order valence-corrected chi connectivity index (χ3v) is 9.73. The summed E-state index contributed by atoms with van der Waals surface area (Å²) in [4.78, 5) is 29.9. The predicted molar refractivity (Wildman–Crippen MR) is 179 cm³/mol. The molecule has 0 spiro atoms. The predicted octanol–water partition coefficient (Wildman–Crippen LogP) is 6.51. The molecule has 4 rings (SSSR count). The summed E-state index contributed by atoms with van der Waals surface area (Å²) in [6, 6.07) is 31.1. The number of carbonyl (C=O) groups is 2. The number of hydrogen-bond acceptors (Lipinski definition) is 4. The summed E-state index contributed by atoms with van der Waals surface area (Å²) in [6.45, 7) is 5.43. The van der Waals surface area contributed by atoms with Gasteiger partial charge in [0.05, 0.1) is 10.6 Å². The molecule has 4 aromatic carbocycles. The number of benzene rings is 4. The monoisotopic (exact) mass is 675 g/mol. The van der Waals surface area contributed by atoms with Gasteiger partial charge in [0.1, 0.15) is 12.6 Å². The summed E-state index contributed by atoms with van der Waals surface area (Å²) in [6.07, 6.45) is 0.985. The topological polar surface area (TPSA) is 86.8 Å². The molecule has 2 amide bonds. The SMILES string of the molecule is CC[C@@H](C)NC(=O)[C@@H](Cc1ccccc1)N(Cc1cccc(Br)c1)C(=O)CN(c1ccc(C)cc1)S(=O)(=O)c1ccccc1. The molecular weight excluding hydrogens is 638 g/mol. The second kappa shape index (κ2) is 15.2. The Hall–Kier alpha value is -3.95. The van der Waals surface area contributed by atoms with E-state index in [1.807, 2.05) is 87.5 Å². The molecular formula is C35H38BrN3O4S. The molecule has 0 radical (unpaired) electrons. The lowest BCUT2D eigenvalue weighted by Crippen LogP contribution is -2.54. The second-order valence-corrected chi connectivity index (χ2v) is 13.6. The van der Waals surface area contributed by atoms with Crippen molar-refractivity contribution in [1.82, 2.24) is 10.2 Å². The van der Waals surface area contributed by atoms with Gasteiger partial charge in [-0.05, 0) is 67.8 Å². The van der Waals surface area contributed by atoms with Crippen LogP contribution in [0.2, 0.25) is 0 Å². The highest BCUT2D eigenvalue weighted by molar-refractivity contribution is 9.10. The molecule has 0 heterocycles. The number of hydrogen-bond donors (Lipinski definition) is 1. The number of halogens is 1. The Labute approximate surface area is 269 Å². The normalized spacial score (nSPS) is 12.6. The highest BCUT2D eigenvalue weighted by Crippen LogP contribution is 2.26. The number of carbonyl (C=O) groups excluding carboxylic acids is 2. The van der Waals surface area contributed by atoms with Crippen LogP contribution in [0.15, 0.2) is 119 Å². The molecule has 0 fully saturated rings. The number of sulfonamides is 1. The number of anilines is 1. The first kappa shape index (κ1) is 33.0. The lowest BCUT2D eigenvalue weighted by molar-refractivity contribution is -0.140. The maximum Gasteiger partial charge on any atom is 0.264 e. The van der Waals surface area contributed by atoms with Crippen LogP contribution >= 0.6 is 15.9 Å². The van der Waals surface area contributed by atoms with Crippen LogP contribution in [0.25, 0.3) is 0 Å². The Morgan fingerprint density at radius 2 is 1.45 bits per heavy atom. The summed E-state index contributed by atoms with van der Waals surface area (Å²) in [5, 5.41) is 3.06. The van der Waals surface area contributed by atoms with Crippen molar-refractivity contribution in [3.8, 4) is 0 Å². The standard InChI is InChI=1S/C35H38BrN3O4S/c1-4-27(3)37-35(41)33(23-28-12-7-5-8-13-28)38(24-29-14-11-15-30(36)22-29)34(40)25-39(31-20-18-26(2)19-21-31)44(42,43)32-16-9-6-10-17-32/h5-22,27,33H,4,23-25H2,1-3H3,(H,37,41)/t27-,33-/m1/s1. The molecule has 9 heteroatoms. The van der Waals surface area contributed by atoms with Crippen LogP contribution < -0.4 is 9.62 Å². The molecule has 0 saturated carbocycles. The minimum Gasteiger partial charge on any atom is -0.352 e. The van der Waals surface area contributed by atoms with Crippen LogP contribution in [0.5, 0.6) is 0 Å². The average molecular weight is 677 g/mol. The number of nitrogens with one attached hydrogen (secondary N) is 1. The van der Waals surface area contributed by atoms with E-state index < -0.39 is 28.5 Å². The quantitative estimate of drug-likeness (QED) is 0.175. The Balaban J connectivity index is 1.80. The van der Waals surface area contributed by atoms with E-state index in [0.717, 1.165) is 31.9 Å². The molecule has 0 aliphatic heterocycles. The minimum absolute atomic E-state index is 0.0715. The van der Waals surface area contributed by atoms with E-state index in [-0.39, 0.29) is 29.8 Å². The van der Waals surface area contributed by atoms with Crippen molar-refractivity contribution in [3.63, 3.8) is 0 Å². The fourth-order valence-corrected chi connectivity index (χ4v) is 6.67. The van der Waals surface area contributed by atoms with Gasteiger partial charge >= 0.3 is 0 Å². The van der Waals surface area contributed by atoms with Gasteiger partial charge < -0.3 is 10.2 Å². The van der Waals surface area contributed by atoms with Gasteiger partial charge in [0.25, 0.3) is 10.0 Å². The van der Waals surface area contributed by atoms with Crippen molar-refractivity contribution < 1.29 is 18.0 Å². The fourth-order valence-electron chi connectivity index (χ4n) is 4.79. The van der Waals surface area contributed by atoms with Gasteiger partial charge in [0.15, 0.2) is 0 Å². The van der Waals surface area contributed by atoms with Crippen molar-refractivity contribution in [2.75, 3.05) is 10.8 Å². The summed E-state index contributed by atoms with van der Waals surface area (Å²) in [5.41, 5.74) is 3.00. The Kier molecular flexibility index (Phi) is 11.4. The highest BCUT2D eigenvalue weighted by Gasteiger charge is 2.35. The molecule has 0 aromatic heterocycles. The maximum atomic E-state index is 14.5. The van der Waals surface area contributed by atoms with E-state index in [1.54, 1.807) is 30.3 Å². The molecule has 0 bridgehead atoms. The summed E-state index contributed by atoms with van der Waals surface area (Å²) >= 11 is 3.51. The van der Waals surface area contributed by atoms with Crippen molar-refractivity contribution in [2.24, 2.45) is 0 Å². The van der Waals surface area contributed by atoms with E-state index in [0.29, 0.717) is 5.69 Å². The van der Waals surface area contributed by atoms with Gasteiger partial charge in [-0.25, -0.2) is 8.42 Å². The smallest absolute Gasteiger partial charge is 0.264 e. The van der Waals surface area contributed by atoms with E-state index in [4.69, 9.17) is 0 Å². The van der Waals surface area contributed by atoms with Crippen molar-refractivity contribution in [2.45, 2.75) is 57.1 Å². The summed E-state index contributed by atoms with van der Waals surface area (Å²) in [5.74, 6) is -0.787. The summed E-state index contributed by atoms with van der Waals surface area (Å²) < 4.78 is 30.0. The van der Waals surface area contributed by atoms with Gasteiger partial charge in [-0.15, -0.1) is 0 Å².